The van der Waals surface area contributed by atoms with Crippen LogP contribution < -0.4 is 5.73 Å². The lowest BCUT2D eigenvalue weighted by molar-refractivity contribution is 0.250. The molecule has 0 aliphatic heterocycles. The fraction of sp³-hybridized carbons (Fsp3) is 0.600. The minimum Gasteiger partial charge on any atom is -0.464 e. The molecule has 1 aromatic heterocycles. The van der Waals surface area contributed by atoms with Gasteiger partial charge in [0.2, 0.25) is 0 Å². The molecule has 0 aliphatic rings. The lowest BCUT2D eigenvalue weighted by atomic mass is 10.2. The largest absolute Gasteiger partial charge is 0.464 e. The minimum atomic E-state index is 0.249. The van der Waals surface area contributed by atoms with E-state index in [1.807, 2.05) is 19.1 Å². The Balaban J connectivity index is 2.24. The highest BCUT2D eigenvalue weighted by molar-refractivity contribution is 7.98. The predicted octanol–water partition coefficient (Wildman–Crippen LogP) is 1.60. The van der Waals surface area contributed by atoms with Crippen LogP contribution in [0.25, 0.3) is 0 Å². The van der Waals surface area contributed by atoms with Gasteiger partial charge in [-0.1, -0.05) is 6.92 Å². The van der Waals surface area contributed by atoms with Gasteiger partial charge in [0.25, 0.3) is 0 Å². The van der Waals surface area contributed by atoms with E-state index < -0.39 is 0 Å². The van der Waals surface area contributed by atoms with Crippen molar-refractivity contribution in [2.24, 2.45) is 11.7 Å². The van der Waals surface area contributed by atoms with E-state index in [0.717, 1.165) is 23.0 Å². The Kier molecular flexibility index (Phi) is 5.07. The van der Waals surface area contributed by atoms with Crippen LogP contribution in [0.15, 0.2) is 16.5 Å². The Morgan fingerprint density at radius 2 is 2.21 bits per heavy atom. The van der Waals surface area contributed by atoms with Gasteiger partial charge < -0.3 is 15.3 Å². The summed E-state index contributed by atoms with van der Waals surface area (Å²) >= 11 is 1.77. The molecule has 0 radical (unpaired) electrons. The normalized spacial score (nSPS) is 13.1. The van der Waals surface area contributed by atoms with Gasteiger partial charge in [0.05, 0.1) is 12.3 Å². The summed E-state index contributed by atoms with van der Waals surface area (Å²) in [6.45, 7) is 2.73. The summed E-state index contributed by atoms with van der Waals surface area (Å²) in [5.41, 5.74) is 5.43. The van der Waals surface area contributed by atoms with Gasteiger partial charge in [0.1, 0.15) is 11.5 Å². The van der Waals surface area contributed by atoms with Crippen molar-refractivity contribution < 1.29 is 9.52 Å². The SMILES string of the molecule is CC(CO)CSCc1ccc(CN)o1. The van der Waals surface area contributed by atoms with Gasteiger partial charge in [-0.3, -0.25) is 0 Å². The van der Waals surface area contributed by atoms with Crippen LogP contribution in [0.4, 0.5) is 0 Å². The fourth-order valence-corrected chi connectivity index (χ4v) is 2.00. The van der Waals surface area contributed by atoms with E-state index in [0.29, 0.717) is 12.5 Å². The van der Waals surface area contributed by atoms with Gasteiger partial charge in [-0.25, -0.2) is 0 Å². The van der Waals surface area contributed by atoms with Crippen LogP contribution in [-0.2, 0) is 12.3 Å². The van der Waals surface area contributed by atoms with E-state index in [-0.39, 0.29) is 6.61 Å². The van der Waals surface area contributed by atoms with Crippen LogP contribution in [0.1, 0.15) is 18.4 Å². The summed E-state index contributed by atoms with van der Waals surface area (Å²) in [6.07, 6.45) is 0. The summed E-state index contributed by atoms with van der Waals surface area (Å²) in [6, 6.07) is 3.87. The van der Waals surface area contributed by atoms with E-state index in [1.165, 1.54) is 0 Å². The van der Waals surface area contributed by atoms with Gasteiger partial charge in [0.15, 0.2) is 0 Å². The molecule has 1 heterocycles. The third-order valence-corrected chi connectivity index (χ3v) is 3.17. The standard InChI is InChI=1S/C10H17NO2S/c1-8(5-12)6-14-7-10-3-2-9(4-11)13-10/h2-3,8,12H,4-7,11H2,1H3. The second kappa shape index (κ2) is 6.11. The topological polar surface area (TPSA) is 59.4 Å². The van der Waals surface area contributed by atoms with Gasteiger partial charge >= 0.3 is 0 Å². The molecule has 3 N–H and O–H groups in total. The average molecular weight is 215 g/mol. The van der Waals surface area contributed by atoms with Crippen molar-refractivity contribution in [2.75, 3.05) is 12.4 Å². The summed E-state index contributed by atoms with van der Waals surface area (Å²) in [7, 11) is 0. The first kappa shape index (κ1) is 11.6. The smallest absolute Gasteiger partial charge is 0.117 e. The third-order valence-electron chi connectivity index (χ3n) is 1.88. The van der Waals surface area contributed by atoms with E-state index in [2.05, 4.69) is 0 Å². The van der Waals surface area contributed by atoms with E-state index in [9.17, 15) is 0 Å². The minimum absolute atomic E-state index is 0.249. The van der Waals surface area contributed by atoms with Crippen LogP contribution in [0, 0.1) is 5.92 Å². The highest BCUT2D eigenvalue weighted by atomic mass is 32.2. The second-order valence-corrected chi connectivity index (χ2v) is 4.41. The monoisotopic (exact) mass is 215 g/mol. The summed E-state index contributed by atoms with van der Waals surface area (Å²) < 4.78 is 5.44. The molecule has 1 aromatic rings. The van der Waals surface area contributed by atoms with Gasteiger partial charge in [-0.2, -0.15) is 11.8 Å². The molecule has 80 valence electrons. The number of aliphatic hydroxyl groups excluding tert-OH is 1. The van der Waals surface area contributed by atoms with Gasteiger partial charge in [-0.15, -0.1) is 0 Å². The third kappa shape index (κ3) is 3.74. The highest BCUT2D eigenvalue weighted by Crippen LogP contribution is 2.17. The number of furan rings is 1. The van der Waals surface area contributed by atoms with Crippen molar-refractivity contribution in [1.29, 1.82) is 0 Å². The zero-order valence-corrected chi connectivity index (χ0v) is 9.22. The lowest BCUT2D eigenvalue weighted by Gasteiger charge is -2.05. The lowest BCUT2D eigenvalue weighted by Crippen LogP contribution is -2.03. The molecule has 0 fully saturated rings. The number of aliphatic hydroxyl groups is 1. The molecule has 0 saturated carbocycles. The van der Waals surface area contributed by atoms with Crippen LogP contribution in [0.3, 0.4) is 0 Å². The van der Waals surface area contributed by atoms with E-state index >= 15 is 0 Å². The van der Waals surface area contributed by atoms with Crippen molar-refractivity contribution in [1.82, 2.24) is 0 Å². The molecule has 1 atom stereocenters. The molecule has 0 aromatic carbocycles. The predicted molar refractivity (Wildman–Crippen MR) is 59.0 cm³/mol. The van der Waals surface area contributed by atoms with Gasteiger partial charge in [-0.05, 0) is 23.8 Å². The number of rotatable bonds is 6. The molecule has 0 aliphatic carbocycles. The molecule has 0 spiro atoms. The van der Waals surface area contributed by atoms with Crippen molar-refractivity contribution in [3.8, 4) is 0 Å². The van der Waals surface area contributed by atoms with Crippen molar-refractivity contribution in [2.45, 2.75) is 19.2 Å². The zero-order valence-electron chi connectivity index (χ0n) is 8.40. The zero-order chi connectivity index (χ0) is 10.4. The Labute approximate surface area is 88.7 Å². The molecule has 1 rings (SSSR count). The fourth-order valence-electron chi connectivity index (χ4n) is 1.02. The van der Waals surface area contributed by atoms with E-state index in [4.69, 9.17) is 15.3 Å². The first-order chi connectivity index (χ1) is 6.76. The van der Waals surface area contributed by atoms with Crippen LogP contribution in [-0.4, -0.2) is 17.5 Å². The van der Waals surface area contributed by atoms with Crippen molar-refractivity contribution in [3.05, 3.63) is 23.7 Å². The maximum absolute atomic E-state index is 8.82. The number of hydrogen-bond acceptors (Lipinski definition) is 4. The number of hydrogen-bond donors (Lipinski definition) is 2. The maximum atomic E-state index is 8.82. The number of nitrogens with two attached hydrogens (primary N) is 1. The Hall–Kier alpha value is -0.450. The molecule has 1 unspecified atom stereocenters. The van der Waals surface area contributed by atoms with Crippen LogP contribution in [0.5, 0.6) is 0 Å². The average Bonchev–Trinajstić information content (AvgIpc) is 2.65. The molecule has 0 bridgehead atoms. The van der Waals surface area contributed by atoms with Crippen LogP contribution in [0.2, 0.25) is 0 Å². The first-order valence-corrected chi connectivity index (χ1v) is 5.88. The highest BCUT2D eigenvalue weighted by Gasteiger charge is 2.03. The number of thioether (sulfide) groups is 1. The molecule has 3 nitrogen and oxygen atoms in total. The Bertz CT molecular complexity index is 262. The van der Waals surface area contributed by atoms with Crippen LogP contribution >= 0.6 is 11.8 Å². The molecular weight excluding hydrogens is 198 g/mol. The Morgan fingerprint density at radius 1 is 1.50 bits per heavy atom. The molecule has 0 saturated heterocycles. The summed E-state index contributed by atoms with van der Waals surface area (Å²) in [5, 5.41) is 8.82. The van der Waals surface area contributed by atoms with Gasteiger partial charge in [0, 0.05) is 6.61 Å². The maximum Gasteiger partial charge on any atom is 0.117 e. The molecule has 4 heteroatoms. The summed E-state index contributed by atoms with van der Waals surface area (Å²) in [4.78, 5) is 0. The second-order valence-electron chi connectivity index (χ2n) is 3.38. The van der Waals surface area contributed by atoms with Crippen molar-refractivity contribution >= 4 is 11.8 Å². The molecule has 0 amide bonds. The molecule has 14 heavy (non-hydrogen) atoms. The Morgan fingerprint density at radius 3 is 2.79 bits per heavy atom. The van der Waals surface area contributed by atoms with Crippen molar-refractivity contribution in [3.63, 3.8) is 0 Å². The quantitative estimate of drug-likeness (QED) is 0.756. The molecular formula is C10H17NO2S. The summed E-state index contributed by atoms with van der Waals surface area (Å²) in [5.74, 6) is 3.94. The first-order valence-electron chi connectivity index (χ1n) is 4.72. The van der Waals surface area contributed by atoms with E-state index in [1.54, 1.807) is 11.8 Å².